The first kappa shape index (κ1) is 14.0. The standard InChI is InChI=1S/C15H15FN2O2/c1-3-14(11-4-6-12(16)7-5-11)17-18-15(19)13-8-9-20-10(13)2/h4-9H,3H2,1-2H3,(H,18,19)/b17-14-. The summed E-state index contributed by atoms with van der Waals surface area (Å²) in [4.78, 5) is 11.9. The van der Waals surface area contributed by atoms with Crippen LogP contribution in [0.2, 0.25) is 0 Å². The van der Waals surface area contributed by atoms with Crippen molar-refractivity contribution in [3.8, 4) is 0 Å². The number of hydrogen-bond donors (Lipinski definition) is 1. The quantitative estimate of drug-likeness (QED) is 0.687. The molecular weight excluding hydrogens is 259 g/mol. The second-order valence-electron chi connectivity index (χ2n) is 4.25. The van der Waals surface area contributed by atoms with Gasteiger partial charge < -0.3 is 4.42 Å². The lowest BCUT2D eigenvalue weighted by Crippen LogP contribution is -2.20. The molecule has 0 aliphatic rings. The summed E-state index contributed by atoms with van der Waals surface area (Å²) in [5, 5.41) is 4.09. The van der Waals surface area contributed by atoms with Crippen LogP contribution in [0.3, 0.4) is 0 Å². The summed E-state index contributed by atoms with van der Waals surface area (Å²) in [6, 6.07) is 7.58. The molecule has 1 N–H and O–H groups in total. The molecule has 2 rings (SSSR count). The van der Waals surface area contributed by atoms with Crippen molar-refractivity contribution in [3.05, 3.63) is 59.3 Å². The molecule has 0 aliphatic carbocycles. The fourth-order valence-electron chi connectivity index (χ4n) is 1.79. The van der Waals surface area contributed by atoms with Crippen LogP contribution in [0.5, 0.6) is 0 Å². The molecule has 0 atom stereocenters. The molecule has 1 aromatic heterocycles. The van der Waals surface area contributed by atoms with Gasteiger partial charge in [0.1, 0.15) is 11.6 Å². The summed E-state index contributed by atoms with van der Waals surface area (Å²) in [7, 11) is 0. The van der Waals surface area contributed by atoms with E-state index in [0.29, 0.717) is 23.5 Å². The van der Waals surface area contributed by atoms with Crippen LogP contribution in [-0.4, -0.2) is 11.6 Å². The fraction of sp³-hybridized carbons (Fsp3) is 0.200. The predicted octanol–water partition coefficient (Wildman–Crippen LogP) is 3.27. The van der Waals surface area contributed by atoms with Gasteiger partial charge in [0.05, 0.1) is 17.5 Å². The zero-order chi connectivity index (χ0) is 14.5. The number of nitrogens with one attached hydrogen (secondary N) is 1. The van der Waals surface area contributed by atoms with Gasteiger partial charge in [0.15, 0.2) is 0 Å². The molecule has 1 aromatic carbocycles. The lowest BCUT2D eigenvalue weighted by Gasteiger charge is -2.05. The first-order chi connectivity index (χ1) is 9.61. The van der Waals surface area contributed by atoms with E-state index in [0.717, 1.165) is 5.56 Å². The molecule has 1 amide bonds. The summed E-state index contributed by atoms with van der Waals surface area (Å²) in [5.41, 5.74) is 4.39. The third-order valence-electron chi connectivity index (χ3n) is 2.91. The van der Waals surface area contributed by atoms with Gasteiger partial charge in [-0.15, -0.1) is 0 Å². The molecule has 4 nitrogen and oxygen atoms in total. The smallest absolute Gasteiger partial charge is 0.274 e. The van der Waals surface area contributed by atoms with Crippen molar-refractivity contribution >= 4 is 11.6 Å². The molecule has 0 spiro atoms. The van der Waals surface area contributed by atoms with E-state index in [4.69, 9.17) is 4.42 Å². The second kappa shape index (κ2) is 6.14. The van der Waals surface area contributed by atoms with Crippen LogP contribution in [0.4, 0.5) is 4.39 Å². The van der Waals surface area contributed by atoms with Crippen molar-refractivity contribution in [3.63, 3.8) is 0 Å². The van der Waals surface area contributed by atoms with Crippen LogP contribution in [0, 0.1) is 12.7 Å². The largest absolute Gasteiger partial charge is 0.469 e. The van der Waals surface area contributed by atoms with Gasteiger partial charge in [-0.05, 0) is 37.1 Å². The van der Waals surface area contributed by atoms with Crippen LogP contribution >= 0.6 is 0 Å². The number of hydrogen-bond acceptors (Lipinski definition) is 3. The number of halogens is 1. The van der Waals surface area contributed by atoms with E-state index < -0.39 is 0 Å². The first-order valence-corrected chi connectivity index (χ1v) is 6.28. The summed E-state index contributed by atoms with van der Waals surface area (Å²) >= 11 is 0. The third kappa shape index (κ3) is 3.12. The number of carbonyl (C=O) groups excluding carboxylic acids is 1. The number of furan rings is 1. The molecule has 0 saturated heterocycles. The Labute approximate surface area is 116 Å². The number of hydrazone groups is 1. The highest BCUT2D eigenvalue weighted by molar-refractivity contribution is 6.02. The van der Waals surface area contributed by atoms with Crippen LogP contribution < -0.4 is 5.43 Å². The third-order valence-corrected chi connectivity index (χ3v) is 2.91. The van der Waals surface area contributed by atoms with E-state index in [9.17, 15) is 9.18 Å². The lowest BCUT2D eigenvalue weighted by atomic mass is 10.1. The Bertz CT molecular complexity index is 630. The molecule has 104 valence electrons. The maximum atomic E-state index is 12.9. The summed E-state index contributed by atoms with van der Waals surface area (Å²) in [5.74, 6) is -0.0934. The molecule has 20 heavy (non-hydrogen) atoms. The van der Waals surface area contributed by atoms with Crippen LogP contribution in [0.15, 0.2) is 46.1 Å². The van der Waals surface area contributed by atoms with E-state index >= 15 is 0 Å². The van der Waals surface area contributed by atoms with Crippen molar-refractivity contribution < 1.29 is 13.6 Å². The summed E-state index contributed by atoms with van der Waals surface area (Å²) in [6.45, 7) is 3.62. The normalized spacial score (nSPS) is 11.4. The first-order valence-electron chi connectivity index (χ1n) is 6.28. The van der Waals surface area contributed by atoms with E-state index in [2.05, 4.69) is 10.5 Å². The monoisotopic (exact) mass is 274 g/mol. The van der Waals surface area contributed by atoms with Gasteiger partial charge in [-0.25, -0.2) is 9.82 Å². The Morgan fingerprint density at radius 1 is 1.30 bits per heavy atom. The minimum Gasteiger partial charge on any atom is -0.469 e. The van der Waals surface area contributed by atoms with Crippen LogP contribution in [0.25, 0.3) is 0 Å². The van der Waals surface area contributed by atoms with Gasteiger partial charge >= 0.3 is 0 Å². The molecular formula is C15H15FN2O2. The summed E-state index contributed by atoms with van der Waals surface area (Å²) < 4.78 is 17.9. The molecule has 5 heteroatoms. The predicted molar refractivity (Wildman–Crippen MR) is 74.1 cm³/mol. The highest BCUT2D eigenvalue weighted by Gasteiger charge is 2.11. The number of nitrogens with zero attached hydrogens (tertiary/aromatic N) is 1. The number of aryl methyl sites for hydroxylation is 1. The minimum atomic E-state index is -0.329. The van der Waals surface area contributed by atoms with Gasteiger partial charge in [-0.1, -0.05) is 19.1 Å². The maximum absolute atomic E-state index is 12.9. The van der Waals surface area contributed by atoms with Crippen molar-refractivity contribution in [1.29, 1.82) is 0 Å². The van der Waals surface area contributed by atoms with Gasteiger partial charge in [0.2, 0.25) is 0 Å². The van der Waals surface area contributed by atoms with Gasteiger partial charge in [-0.2, -0.15) is 5.10 Å². The lowest BCUT2D eigenvalue weighted by molar-refractivity contribution is 0.0953. The second-order valence-corrected chi connectivity index (χ2v) is 4.25. The van der Waals surface area contributed by atoms with Crippen molar-refractivity contribution in [1.82, 2.24) is 5.43 Å². The SMILES string of the molecule is CC/C(=N/NC(=O)c1ccoc1C)c1ccc(F)cc1. The molecule has 0 fully saturated rings. The van der Waals surface area contributed by atoms with Gasteiger partial charge in [0.25, 0.3) is 5.91 Å². The van der Waals surface area contributed by atoms with Crippen LogP contribution in [0.1, 0.15) is 35.0 Å². The topological polar surface area (TPSA) is 54.6 Å². The molecule has 0 radical (unpaired) electrons. The van der Waals surface area contributed by atoms with Crippen molar-refractivity contribution in [2.75, 3.05) is 0 Å². The Hall–Kier alpha value is -2.43. The average molecular weight is 274 g/mol. The molecule has 1 heterocycles. The number of benzene rings is 1. The minimum absolute atomic E-state index is 0.303. The molecule has 0 saturated carbocycles. The summed E-state index contributed by atoms with van der Waals surface area (Å²) in [6.07, 6.45) is 2.07. The highest BCUT2D eigenvalue weighted by Crippen LogP contribution is 2.09. The molecule has 0 bridgehead atoms. The number of amides is 1. The number of carbonyl (C=O) groups is 1. The molecule has 2 aromatic rings. The Balaban J connectivity index is 2.14. The highest BCUT2D eigenvalue weighted by atomic mass is 19.1. The zero-order valence-corrected chi connectivity index (χ0v) is 11.3. The Morgan fingerprint density at radius 3 is 2.55 bits per heavy atom. The average Bonchev–Trinajstić information content (AvgIpc) is 2.87. The number of rotatable bonds is 4. The van der Waals surface area contributed by atoms with Crippen molar-refractivity contribution in [2.45, 2.75) is 20.3 Å². The van der Waals surface area contributed by atoms with Crippen LogP contribution in [-0.2, 0) is 0 Å². The van der Waals surface area contributed by atoms with E-state index in [-0.39, 0.29) is 11.7 Å². The van der Waals surface area contributed by atoms with Gasteiger partial charge in [0, 0.05) is 0 Å². The Morgan fingerprint density at radius 2 is 2.00 bits per heavy atom. The zero-order valence-electron chi connectivity index (χ0n) is 11.3. The molecule has 0 unspecified atom stereocenters. The fourth-order valence-corrected chi connectivity index (χ4v) is 1.79. The van der Waals surface area contributed by atoms with E-state index in [1.54, 1.807) is 25.1 Å². The maximum Gasteiger partial charge on any atom is 0.274 e. The van der Waals surface area contributed by atoms with E-state index in [1.165, 1.54) is 18.4 Å². The van der Waals surface area contributed by atoms with Gasteiger partial charge in [-0.3, -0.25) is 4.79 Å². The van der Waals surface area contributed by atoms with Crippen molar-refractivity contribution in [2.24, 2.45) is 5.10 Å². The molecule has 0 aliphatic heterocycles. The van der Waals surface area contributed by atoms with E-state index in [1.807, 2.05) is 6.92 Å². The Kier molecular flexibility index (Phi) is 4.30.